The summed E-state index contributed by atoms with van der Waals surface area (Å²) in [5, 5.41) is 8.98. The molecule has 2 aromatic carbocycles. The highest BCUT2D eigenvalue weighted by molar-refractivity contribution is 7.17. The molecule has 3 aromatic rings. The predicted molar refractivity (Wildman–Crippen MR) is 101 cm³/mol. The summed E-state index contributed by atoms with van der Waals surface area (Å²) in [4.78, 5) is 16.2. The molecule has 0 bridgehead atoms. The summed E-state index contributed by atoms with van der Waals surface area (Å²) in [6, 6.07) is 13.3. The summed E-state index contributed by atoms with van der Waals surface area (Å²) in [5.41, 5.74) is 5.08. The largest absolute Gasteiger partial charge is 0.490 e. The summed E-state index contributed by atoms with van der Waals surface area (Å²) in [6.45, 7) is 4.14. The van der Waals surface area contributed by atoms with E-state index in [1.807, 2.05) is 24.3 Å². The molecule has 5 nitrogen and oxygen atoms in total. The second-order valence-corrected chi connectivity index (χ2v) is 6.65. The zero-order valence-corrected chi connectivity index (χ0v) is 15.4. The lowest BCUT2D eigenvalue weighted by Gasteiger charge is -2.16. The zero-order valence-electron chi connectivity index (χ0n) is 14.6. The molecule has 0 radical (unpaired) electrons. The second-order valence-electron chi connectivity index (χ2n) is 5.80. The number of benzene rings is 2. The molecule has 1 atom stereocenters. The number of nitriles is 1. The molecule has 1 aromatic heterocycles. The number of nitrogens with zero attached hydrogens (tertiary/aromatic N) is 2. The van der Waals surface area contributed by atoms with Crippen LogP contribution in [0.25, 0.3) is 21.3 Å². The number of esters is 1. The Kier molecular flexibility index (Phi) is 5.49. The highest BCUT2D eigenvalue weighted by Gasteiger charge is 2.18. The Morgan fingerprint density at radius 3 is 2.73 bits per heavy atom. The fourth-order valence-electron chi connectivity index (χ4n) is 2.56. The monoisotopic (exact) mass is 366 g/mol. The minimum Gasteiger partial charge on any atom is -0.490 e. The van der Waals surface area contributed by atoms with E-state index in [1.54, 1.807) is 31.5 Å². The molecule has 26 heavy (non-hydrogen) atoms. The van der Waals surface area contributed by atoms with Crippen LogP contribution >= 0.6 is 11.3 Å². The van der Waals surface area contributed by atoms with Gasteiger partial charge in [-0.25, -0.2) is 4.98 Å². The lowest BCUT2D eigenvalue weighted by atomic mass is 10.0. The first-order valence-corrected chi connectivity index (χ1v) is 9.18. The number of carbonyl (C=O) groups is 1. The van der Waals surface area contributed by atoms with E-state index in [9.17, 15) is 4.79 Å². The highest BCUT2D eigenvalue weighted by Crippen LogP contribution is 2.39. The highest BCUT2D eigenvalue weighted by atomic mass is 32.1. The molecule has 0 aliphatic rings. The van der Waals surface area contributed by atoms with Gasteiger partial charge in [0.15, 0.2) is 0 Å². The maximum atomic E-state index is 11.9. The van der Waals surface area contributed by atoms with Gasteiger partial charge in [0.2, 0.25) is 0 Å². The summed E-state index contributed by atoms with van der Waals surface area (Å²) >= 11 is 1.50. The second kappa shape index (κ2) is 7.98. The number of ether oxygens (including phenoxy) is 2. The fraction of sp³-hybridized carbons (Fsp3) is 0.250. The first-order chi connectivity index (χ1) is 12.6. The third-order valence-corrected chi connectivity index (χ3v) is 4.79. The van der Waals surface area contributed by atoms with Crippen LogP contribution < -0.4 is 4.74 Å². The first kappa shape index (κ1) is 17.9. The van der Waals surface area contributed by atoms with Crippen molar-refractivity contribution in [3.8, 4) is 22.9 Å². The van der Waals surface area contributed by atoms with E-state index in [0.29, 0.717) is 17.9 Å². The predicted octanol–water partition coefficient (Wildman–Crippen LogP) is 4.41. The quantitative estimate of drug-likeness (QED) is 0.604. The minimum atomic E-state index is -0.369. The van der Waals surface area contributed by atoms with Crippen LogP contribution in [0.15, 0.2) is 41.9 Å². The molecule has 0 saturated carbocycles. The maximum absolute atomic E-state index is 11.9. The van der Waals surface area contributed by atoms with Crippen LogP contribution in [-0.2, 0) is 9.53 Å². The molecule has 0 aliphatic heterocycles. The number of hydrogen-bond donors (Lipinski definition) is 0. The van der Waals surface area contributed by atoms with Crippen LogP contribution in [0.3, 0.4) is 0 Å². The Morgan fingerprint density at radius 1 is 1.27 bits per heavy atom. The van der Waals surface area contributed by atoms with Crippen molar-refractivity contribution in [2.75, 3.05) is 13.2 Å². The third kappa shape index (κ3) is 3.68. The Hall–Kier alpha value is -2.91. The lowest BCUT2D eigenvalue weighted by Crippen LogP contribution is -2.21. The molecule has 0 aliphatic carbocycles. The Labute approximate surface area is 155 Å². The molecule has 0 spiro atoms. The van der Waals surface area contributed by atoms with Gasteiger partial charge in [0.25, 0.3) is 0 Å². The van der Waals surface area contributed by atoms with Crippen molar-refractivity contribution in [3.05, 3.63) is 47.5 Å². The molecule has 0 saturated heterocycles. The maximum Gasteiger partial charge on any atom is 0.312 e. The SMILES string of the molecule is CCOC(=O)C(C)COc1c(-c2ccc(C#N)cc2)ccc2ncsc12. The molecule has 0 fully saturated rings. The summed E-state index contributed by atoms with van der Waals surface area (Å²) in [6.07, 6.45) is 0. The van der Waals surface area contributed by atoms with E-state index in [0.717, 1.165) is 21.3 Å². The van der Waals surface area contributed by atoms with Gasteiger partial charge in [0.1, 0.15) is 12.4 Å². The van der Waals surface area contributed by atoms with E-state index in [2.05, 4.69) is 11.1 Å². The number of hydrogen-bond acceptors (Lipinski definition) is 6. The molecule has 6 heteroatoms. The molecular formula is C20H18N2O3S. The van der Waals surface area contributed by atoms with Crippen molar-refractivity contribution in [2.24, 2.45) is 5.92 Å². The van der Waals surface area contributed by atoms with Gasteiger partial charge < -0.3 is 9.47 Å². The molecular weight excluding hydrogens is 348 g/mol. The van der Waals surface area contributed by atoms with Crippen molar-refractivity contribution < 1.29 is 14.3 Å². The summed E-state index contributed by atoms with van der Waals surface area (Å²) < 4.78 is 12.0. The topological polar surface area (TPSA) is 72.2 Å². The minimum absolute atomic E-state index is 0.221. The van der Waals surface area contributed by atoms with Crippen LogP contribution in [0, 0.1) is 17.2 Å². The molecule has 1 unspecified atom stereocenters. The third-order valence-electron chi connectivity index (χ3n) is 3.95. The normalized spacial score (nSPS) is 11.7. The molecule has 1 heterocycles. The Bertz CT molecular complexity index is 957. The van der Waals surface area contributed by atoms with E-state index in [1.165, 1.54) is 11.3 Å². The number of rotatable bonds is 6. The van der Waals surface area contributed by atoms with Crippen LogP contribution in [0.1, 0.15) is 19.4 Å². The van der Waals surface area contributed by atoms with Gasteiger partial charge in [-0.15, -0.1) is 11.3 Å². The van der Waals surface area contributed by atoms with Crippen LogP contribution in [0.2, 0.25) is 0 Å². The van der Waals surface area contributed by atoms with Gasteiger partial charge in [-0.1, -0.05) is 12.1 Å². The van der Waals surface area contributed by atoms with E-state index < -0.39 is 0 Å². The van der Waals surface area contributed by atoms with Gasteiger partial charge in [-0.05, 0) is 43.7 Å². The van der Waals surface area contributed by atoms with Gasteiger partial charge in [-0.3, -0.25) is 4.79 Å². The van der Waals surface area contributed by atoms with Crippen molar-refractivity contribution in [2.45, 2.75) is 13.8 Å². The Morgan fingerprint density at radius 2 is 2.04 bits per heavy atom. The number of fused-ring (bicyclic) bond motifs is 1. The average Bonchev–Trinajstić information content (AvgIpc) is 3.15. The number of carbonyl (C=O) groups excluding carboxylic acids is 1. The van der Waals surface area contributed by atoms with Gasteiger partial charge in [0.05, 0.1) is 39.9 Å². The molecule has 132 valence electrons. The number of aromatic nitrogens is 1. The van der Waals surface area contributed by atoms with Crippen molar-refractivity contribution in [1.29, 1.82) is 5.26 Å². The molecule has 0 amide bonds. The molecule has 3 rings (SSSR count). The van der Waals surface area contributed by atoms with E-state index in [4.69, 9.17) is 14.7 Å². The summed E-state index contributed by atoms with van der Waals surface area (Å²) in [7, 11) is 0. The van der Waals surface area contributed by atoms with Crippen LogP contribution in [0.4, 0.5) is 0 Å². The average molecular weight is 366 g/mol. The number of thiazole rings is 1. The zero-order chi connectivity index (χ0) is 18.5. The fourth-order valence-corrected chi connectivity index (χ4v) is 3.35. The first-order valence-electron chi connectivity index (χ1n) is 8.30. The standard InChI is InChI=1S/C20H18N2O3S/c1-3-24-20(23)13(2)11-25-18-16(8-9-17-19(18)26-12-22-17)15-6-4-14(10-21)5-7-15/h4-9,12-13H,3,11H2,1-2H3. The van der Waals surface area contributed by atoms with Gasteiger partial charge in [0, 0.05) is 5.56 Å². The van der Waals surface area contributed by atoms with E-state index in [-0.39, 0.29) is 18.5 Å². The molecule has 0 N–H and O–H groups in total. The van der Waals surface area contributed by atoms with Gasteiger partial charge in [-0.2, -0.15) is 5.26 Å². The van der Waals surface area contributed by atoms with Crippen LogP contribution in [0.5, 0.6) is 5.75 Å². The van der Waals surface area contributed by atoms with Crippen molar-refractivity contribution >= 4 is 27.5 Å². The van der Waals surface area contributed by atoms with Crippen molar-refractivity contribution in [1.82, 2.24) is 4.98 Å². The lowest BCUT2D eigenvalue weighted by molar-refractivity contribution is -0.148. The van der Waals surface area contributed by atoms with Gasteiger partial charge >= 0.3 is 5.97 Å². The van der Waals surface area contributed by atoms with Crippen LogP contribution in [-0.4, -0.2) is 24.2 Å². The smallest absolute Gasteiger partial charge is 0.312 e. The van der Waals surface area contributed by atoms with E-state index >= 15 is 0 Å². The van der Waals surface area contributed by atoms with Crippen molar-refractivity contribution in [3.63, 3.8) is 0 Å². The Balaban J connectivity index is 1.95. The summed E-state index contributed by atoms with van der Waals surface area (Å²) in [5.74, 6) is 0.0571.